The Balaban J connectivity index is 2.62. The van der Waals surface area contributed by atoms with E-state index in [2.05, 4.69) is 0 Å². The van der Waals surface area contributed by atoms with Crippen molar-refractivity contribution in [2.24, 2.45) is 5.92 Å². The lowest BCUT2D eigenvalue weighted by Crippen LogP contribution is -2.51. The van der Waals surface area contributed by atoms with Crippen LogP contribution in [0.15, 0.2) is 0 Å². The first-order valence-electron chi connectivity index (χ1n) is 5.88. The van der Waals surface area contributed by atoms with Gasteiger partial charge in [-0.15, -0.1) is 0 Å². The Morgan fingerprint density at radius 3 is 2.44 bits per heavy atom. The number of likely N-dealkylation sites (tertiary alicyclic amines) is 1. The molecule has 0 radical (unpaired) electrons. The summed E-state index contributed by atoms with van der Waals surface area (Å²) in [6, 6.07) is 0.0426. The highest BCUT2D eigenvalue weighted by atomic mass is 16.6. The average Bonchev–Trinajstić information content (AvgIpc) is 2.08. The summed E-state index contributed by atoms with van der Waals surface area (Å²) in [6.07, 6.45) is 0.0351. The predicted molar refractivity (Wildman–Crippen MR) is 62.2 cm³/mol. The zero-order valence-electron chi connectivity index (χ0n) is 10.9. The van der Waals surface area contributed by atoms with Gasteiger partial charge < -0.3 is 14.7 Å². The summed E-state index contributed by atoms with van der Waals surface area (Å²) in [6.45, 7) is 10.0. The maximum absolute atomic E-state index is 11.9. The largest absolute Gasteiger partial charge is 0.444 e. The van der Waals surface area contributed by atoms with Crippen LogP contribution in [-0.2, 0) is 4.74 Å². The molecule has 1 aliphatic heterocycles. The van der Waals surface area contributed by atoms with E-state index in [4.69, 9.17) is 4.74 Å². The van der Waals surface area contributed by atoms with Crippen LogP contribution in [0.1, 0.15) is 41.0 Å². The van der Waals surface area contributed by atoms with E-state index in [1.54, 1.807) is 4.90 Å². The van der Waals surface area contributed by atoms with E-state index in [-0.39, 0.29) is 24.2 Å². The Morgan fingerprint density at radius 2 is 1.94 bits per heavy atom. The molecule has 0 saturated carbocycles. The number of rotatable bonds is 0. The van der Waals surface area contributed by atoms with Gasteiger partial charge in [0.05, 0.1) is 6.10 Å². The highest BCUT2D eigenvalue weighted by Crippen LogP contribution is 2.23. The smallest absolute Gasteiger partial charge is 0.410 e. The fraction of sp³-hybridized carbons (Fsp3) is 0.917. The minimum absolute atomic E-state index is 0.0426. The molecule has 0 aromatic heterocycles. The van der Waals surface area contributed by atoms with Gasteiger partial charge in [0, 0.05) is 12.6 Å². The first-order valence-corrected chi connectivity index (χ1v) is 5.88. The van der Waals surface area contributed by atoms with Gasteiger partial charge in [-0.1, -0.05) is 6.92 Å². The SMILES string of the molecule is C[C@@H]1C[C@@H](O)[C@@H](C)CN1C(=O)OC(C)(C)C. The molecule has 16 heavy (non-hydrogen) atoms. The number of aliphatic hydroxyl groups is 1. The summed E-state index contributed by atoms with van der Waals surface area (Å²) < 4.78 is 5.34. The Hall–Kier alpha value is -0.770. The molecular formula is C12H23NO3. The fourth-order valence-electron chi connectivity index (χ4n) is 1.90. The number of carbonyl (C=O) groups excluding carboxylic acids is 1. The van der Waals surface area contributed by atoms with Crippen molar-refractivity contribution in [3.05, 3.63) is 0 Å². The third-order valence-corrected chi connectivity index (χ3v) is 2.88. The average molecular weight is 229 g/mol. The van der Waals surface area contributed by atoms with E-state index >= 15 is 0 Å². The Kier molecular flexibility index (Phi) is 3.84. The molecule has 1 fully saturated rings. The second-order valence-electron chi connectivity index (χ2n) is 5.76. The molecule has 3 atom stereocenters. The molecule has 0 bridgehead atoms. The summed E-state index contributed by atoms with van der Waals surface area (Å²) in [5.41, 5.74) is -0.462. The molecular weight excluding hydrogens is 206 g/mol. The van der Waals surface area contributed by atoms with Gasteiger partial charge in [0.2, 0.25) is 0 Å². The van der Waals surface area contributed by atoms with Crippen LogP contribution in [0.5, 0.6) is 0 Å². The van der Waals surface area contributed by atoms with Crippen molar-refractivity contribution in [1.82, 2.24) is 4.90 Å². The van der Waals surface area contributed by atoms with Crippen LogP contribution >= 0.6 is 0 Å². The molecule has 94 valence electrons. The monoisotopic (exact) mass is 229 g/mol. The zero-order chi connectivity index (χ0) is 12.5. The summed E-state index contributed by atoms with van der Waals surface area (Å²) in [5.74, 6) is 0.115. The second kappa shape index (κ2) is 4.62. The molecule has 4 nitrogen and oxygen atoms in total. The minimum Gasteiger partial charge on any atom is -0.444 e. The van der Waals surface area contributed by atoms with Gasteiger partial charge >= 0.3 is 6.09 Å². The quantitative estimate of drug-likeness (QED) is 0.691. The van der Waals surface area contributed by atoms with Gasteiger partial charge in [-0.05, 0) is 40.0 Å². The minimum atomic E-state index is -0.462. The summed E-state index contributed by atoms with van der Waals surface area (Å²) >= 11 is 0. The number of hydrogen-bond acceptors (Lipinski definition) is 3. The van der Waals surface area contributed by atoms with Crippen LogP contribution in [0, 0.1) is 5.92 Å². The molecule has 1 heterocycles. The summed E-state index contributed by atoms with van der Waals surface area (Å²) in [4.78, 5) is 13.6. The topological polar surface area (TPSA) is 49.8 Å². The van der Waals surface area contributed by atoms with E-state index in [1.165, 1.54) is 0 Å². The molecule has 0 aliphatic carbocycles. The van der Waals surface area contributed by atoms with Gasteiger partial charge in [-0.2, -0.15) is 0 Å². The molecule has 1 rings (SSSR count). The number of aliphatic hydroxyl groups excluding tert-OH is 1. The molecule has 4 heteroatoms. The maximum atomic E-state index is 11.9. The number of nitrogens with zero attached hydrogens (tertiary/aromatic N) is 1. The van der Waals surface area contributed by atoms with Crippen molar-refractivity contribution < 1.29 is 14.6 Å². The van der Waals surface area contributed by atoms with Gasteiger partial charge in [0.15, 0.2) is 0 Å². The van der Waals surface area contributed by atoms with Crippen LogP contribution in [0.3, 0.4) is 0 Å². The van der Waals surface area contributed by atoms with Crippen LogP contribution in [0.4, 0.5) is 4.79 Å². The first-order chi connectivity index (χ1) is 7.20. The van der Waals surface area contributed by atoms with Gasteiger partial charge in [-0.3, -0.25) is 0 Å². The van der Waals surface area contributed by atoms with Crippen molar-refractivity contribution in [2.45, 2.75) is 58.8 Å². The zero-order valence-corrected chi connectivity index (χ0v) is 10.9. The molecule has 1 saturated heterocycles. The lowest BCUT2D eigenvalue weighted by atomic mass is 9.92. The molecule has 0 aromatic rings. The molecule has 0 unspecified atom stereocenters. The number of carbonyl (C=O) groups is 1. The van der Waals surface area contributed by atoms with E-state index in [0.717, 1.165) is 0 Å². The molecule has 0 aromatic carbocycles. The van der Waals surface area contributed by atoms with E-state index < -0.39 is 5.60 Å². The van der Waals surface area contributed by atoms with E-state index in [9.17, 15) is 9.90 Å². The lowest BCUT2D eigenvalue weighted by molar-refractivity contribution is -0.0226. The van der Waals surface area contributed by atoms with Crippen molar-refractivity contribution in [3.8, 4) is 0 Å². The third kappa shape index (κ3) is 3.37. The molecule has 1 N–H and O–H groups in total. The Morgan fingerprint density at radius 1 is 1.38 bits per heavy atom. The molecule has 1 aliphatic rings. The van der Waals surface area contributed by atoms with Crippen molar-refractivity contribution >= 4 is 6.09 Å². The van der Waals surface area contributed by atoms with Gasteiger partial charge in [0.1, 0.15) is 5.60 Å². The molecule has 1 amide bonds. The van der Waals surface area contributed by atoms with Crippen LogP contribution in [0.25, 0.3) is 0 Å². The lowest BCUT2D eigenvalue weighted by Gasteiger charge is -2.40. The predicted octanol–water partition coefficient (Wildman–Crippen LogP) is 2.01. The number of piperidine rings is 1. The fourth-order valence-corrected chi connectivity index (χ4v) is 1.90. The first kappa shape index (κ1) is 13.3. The van der Waals surface area contributed by atoms with Crippen molar-refractivity contribution in [2.75, 3.05) is 6.54 Å². The highest BCUT2D eigenvalue weighted by Gasteiger charge is 2.34. The maximum Gasteiger partial charge on any atom is 0.410 e. The Bertz CT molecular complexity index is 259. The number of hydrogen-bond donors (Lipinski definition) is 1. The third-order valence-electron chi connectivity index (χ3n) is 2.88. The van der Waals surface area contributed by atoms with Gasteiger partial charge in [-0.25, -0.2) is 4.79 Å². The molecule has 0 spiro atoms. The Labute approximate surface area is 97.6 Å². The second-order valence-corrected chi connectivity index (χ2v) is 5.76. The van der Waals surface area contributed by atoms with Crippen molar-refractivity contribution in [1.29, 1.82) is 0 Å². The van der Waals surface area contributed by atoms with Gasteiger partial charge in [0.25, 0.3) is 0 Å². The highest BCUT2D eigenvalue weighted by molar-refractivity contribution is 5.68. The van der Waals surface area contributed by atoms with E-state index in [0.29, 0.717) is 13.0 Å². The number of ether oxygens (including phenoxy) is 1. The summed E-state index contributed by atoms with van der Waals surface area (Å²) in [5, 5.41) is 9.70. The van der Waals surface area contributed by atoms with E-state index in [1.807, 2.05) is 34.6 Å². The summed E-state index contributed by atoms with van der Waals surface area (Å²) in [7, 11) is 0. The standard InChI is InChI=1S/C12H23NO3/c1-8-7-13(9(2)6-10(8)14)11(15)16-12(3,4)5/h8-10,14H,6-7H2,1-5H3/t8-,9+,10+/m0/s1. The van der Waals surface area contributed by atoms with Crippen molar-refractivity contribution in [3.63, 3.8) is 0 Å². The number of amides is 1. The normalized spacial score (nSPS) is 31.4. The van der Waals surface area contributed by atoms with Crippen LogP contribution < -0.4 is 0 Å². The van der Waals surface area contributed by atoms with Crippen LogP contribution in [-0.4, -0.2) is 40.4 Å². The van der Waals surface area contributed by atoms with Crippen LogP contribution in [0.2, 0.25) is 0 Å².